The largest absolute Gasteiger partial charge is 0.468 e. The van der Waals surface area contributed by atoms with Crippen LogP contribution in [-0.4, -0.2) is 26.2 Å². The molecule has 0 aliphatic heterocycles. The molecule has 1 aromatic rings. The number of benzene rings is 1. The molecule has 1 unspecified atom stereocenters. The minimum atomic E-state index is -1.21. The predicted molar refractivity (Wildman–Crippen MR) is 70.0 cm³/mol. The molecular weight excluding hydrogens is 244 g/mol. The normalized spacial score (nSPS) is 19.4. The van der Waals surface area contributed by atoms with E-state index in [1.807, 2.05) is 30.3 Å². The standard InChI is InChI=1S/C15H16O4/c1-10(11-7-5-4-6-8-11)12-9-15(12,13(16)18-2)14(17)19-3/h4-8,12H,1,9H2,2-3H3. The van der Waals surface area contributed by atoms with Crippen molar-refractivity contribution in [3.8, 4) is 0 Å². The van der Waals surface area contributed by atoms with Crippen LogP contribution in [0.3, 0.4) is 0 Å². The monoisotopic (exact) mass is 260 g/mol. The van der Waals surface area contributed by atoms with Crippen LogP contribution >= 0.6 is 0 Å². The topological polar surface area (TPSA) is 52.6 Å². The Balaban J connectivity index is 2.27. The summed E-state index contributed by atoms with van der Waals surface area (Å²) < 4.78 is 9.47. The number of hydrogen-bond acceptors (Lipinski definition) is 4. The first kappa shape index (κ1) is 13.3. The number of allylic oxidation sites excluding steroid dienone is 1. The summed E-state index contributed by atoms with van der Waals surface area (Å²) in [6.45, 7) is 4.00. The van der Waals surface area contributed by atoms with Gasteiger partial charge in [0, 0.05) is 5.92 Å². The van der Waals surface area contributed by atoms with Crippen LogP contribution in [0.25, 0.3) is 5.57 Å². The van der Waals surface area contributed by atoms with Crippen LogP contribution in [0.1, 0.15) is 12.0 Å². The van der Waals surface area contributed by atoms with Crippen molar-refractivity contribution in [2.24, 2.45) is 11.3 Å². The van der Waals surface area contributed by atoms with Gasteiger partial charge in [-0.3, -0.25) is 9.59 Å². The quantitative estimate of drug-likeness (QED) is 0.614. The highest BCUT2D eigenvalue weighted by Gasteiger charge is 2.68. The van der Waals surface area contributed by atoms with Gasteiger partial charge in [-0.05, 0) is 17.6 Å². The number of carbonyl (C=O) groups excluding carboxylic acids is 2. The zero-order chi connectivity index (χ0) is 14.0. The zero-order valence-electron chi connectivity index (χ0n) is 11.0. The Kier molecular flexibility index (Phi) is 3.42. The Hall–Kier alpha value is -2.10. The van der Waals surface area contributed by atoms with Crippen LogP contribution in [-0.2, 0) is 19.1 Å². The predicted octanol–water partition coefficient (Wildman–Crippen LogP) is 2.05. The molecule has 1 atom stereocenters. The van der Waals surface area contributed by atoms with Crippen LogP contribution in [0, 0.1) is 11.3 Å². The van der Waals surface area contributed by atoms with Gasteiger partial charge in [0.1, 0.15) is 0 Å². The first-order valence-electron chi connectivity index (χ1n) is 5.99. The van der Waals surface area contributed by atoms with Gasteiger partial charge in [0.2, 0.25) is 0 Å². The molecule has 1 aromatic carbocycles. The maximum atomic E-state index is 11.9. The lowest BCUT2D eigenvalue weighted by molar-refractivity contribution is -0.161. The van der Waals surface area contributed by atoms with Gasteiger partial charge in [0.15, 0.2) is 5.41 Å². The van der Waals surface area contributed by atoms with Crippen molar-refractivity contribution in [1.82, 2.24) is 0 Å². The van der Waals surface area contributed by atoms with Gasteiger partial charge in [0.25, 0.3) is 0 Å². The van der Waals surface area contributed by atoms with Gasteiger partial charge >= 0.3 is 11.9 Å². The summed E-state index contributed by atoms with van der Waals surface area (Å²) in [5.41, 5.74) is 0.467. The van der Waals surface area contributed by atoms with E-state index in [1.54, 1.807) is 0 Å². The molecule has 1 fully saturated rings. The molecule has 4 heteroatoms. The van der Waals surface area contributed by atoms with Crippen molar-refractivity contribution in [2.75, 3.05) is 14.2 Å². The summed E-state index contributed by atoms with van der Waals surface area (Å²) in [4.78, 5) is 23.8. The van der Waals surface area contributed by atoms with Gasteiger partial charge in [-0.2, -0.15) is 0 Å². The second kappa shape index (κ2) is 4.88. The van der Waals surface area contributed by atoms with Crippen molar-refractivity contribution in [3.63, 3.8) is 0 Å². The van der Waals surface area contributed by atoms with Crippen molar-refractivity contribution in [3.05, 3.63) is 42.5 Å². The van der Waals surface area contributed by atoms with Crippen molar-refractivity contribution >= 4 is 17.5 Å². The molecule has 0 saturated heterocycles. The zero-order valence-corrected chi connectivity index (χ0v) is 11.0. The highest BCUT2D eigenvalue weighted by Crippen LogP contribution is 2.59. The summed E-state index contributed by atoms with van der Waals surface area (Å²) in [5.74, 6) is -1.36. The third kappa shape index (κ3) is 2.03. The van der Waals surface area contributed by atoms with E-state index in [4.69, 9.17) is 9.47 Å². The molecule has 1 aliphatic rings. The lowest BCUT2D eigenvalue weighted by Gasteiger charge is -2.13. The second-order valence-electron chi connectivity index (χ2n) is 4.60. The van der Waals surface area contributed by atoms with Gasteiger partial charge in [0.05, 0.1) is 14.2 Å². The molecular formula is C15H16O4. The van der Waals surface area contributed by atoms with E-state index < -0.39 is 17.4 Å². The smallest absolute Gasteiger partial charge is 0.323 e. The fourth-order valence-electron chi connectivity index (χ4n) is 2.44. The first-order chi connectivity index (χ1) is 9.07. The van der Waals surface area contributed by atoms with Gasteiger partial charge in [-0.1, -0.05) is 36.9 Å². The van der Waals surface area contributed by atoms with E-state index in [0.717, 1.165) is 11.1 Å². The molecule has 100 valence electrons. The molecule has 0 bridgehead atoms. The molecule has 0 spiro atoms. The summed E-state index contributed by atoms with van der Waals surface area (Å²) in [6.07, 6.45) is 0.389. The molecule has 2 rings (SSSR count). The maximum absolute atomic E-state index is 11.9. The third-order valence-electron chi connectivity index (χ3n) is 3.63. The number of ether oxygens (including phenoxy) is 2. The van der Waals surface area contributed by atoms with E-state index in [0.29, 0.717) is 6.42 Å². The number of esters is 2. The molecule has 0 radical (unpaired) electrons. The summed E-state index contributed by atoms with van der Waals surface area (Å²) in [7, 11) is 2.54. The van der Waals surface area contributed by atoms with Crippen LogP contribution in [0.4, 0.5) is 0 Å². The molecule has 0 heterocycles. The van der Waals surface area contributed by atoms with Crippen LogP contribution in [0.2, 0.25) is 0 Å². The number of hydrogen-bond donors (Lipinski definition) is 0. The number of methoxy groups -OCH3 is 2. The number of carbonyl (C=O) groups is 2. The van der Waals surface area contributed by atoms with E-state index >= 15 is 0 Å². The Labute approximate surface area is 112 Å². The van der Waals surface area contributed by atoms with Crippen LogP contribution < -0.4 is 0 Å². The minimum absolute atomic E-state index is 0.255. The van der Waals surface area contributed by atoms with Gasteiger partial charge < -0.3 is 9.47 Å². The van der Waals surface area contributed by atoms with Gasteiger partial charge in [-0.15, -0.1) is 0 Å². The fraction of sp³-hybridized carbons (Fsp3) is 0.333. The minimum Gasteiger partial charge on any atom is -0.468 e. The first-order valence-corrected chi connectivity index (χ1v) is 5.99. The highest BCUT2D eigenvalue weighted by atomic mass is 16.5. The Bertz CT molecular complexity index is 502. The molecule has 0 amide bonds. The SMILES string of the molecule is C=C(c1ccccc1)C1CC1(C(=O)OC)C(=O)OC. The third-order valence-corrected chi connectivity index (χ3v) is 3.63. The summed E-state index contributed by atoms with van der Waals surface area (Å²) in [5, 5.41) is 0. The molecule has 1 saturated carbocycles. The average Bonchev–Trinajstić information content (AvgIpc) is 3.22. The van der Waals surface area contributed by atoms with Crippen LogP contribution in [0.15, 0.2) is 36.9 Å². The second-order valence-corrected chi connectivity index (χ2v) is 4.60. The molecule has 0 N–H and O–H groups in total. The van der Waals surface area contributed by atoms with E-state index in [9.17, 15) is 9.59 Å². The molecule has 19 heavy (non-hydrogen) atoms. The maximum Gasteiger partial charge on any atom is 0.323 e. The number of rotatable bonds is 4. The van der Waals surface area contributed by atoms with Crippen LogP contribution in [0.5, 0.6) is 0 Å². The van der Waals surface area contributed by atoms with Crippen molar-refractivity contribution < 1.29 is 19.1 Å². The Morgan fingerprint density at radius 2 is 1.68 bits per heavy atom. The lowest BCUT2D eigenvalue weighted by atomic mass is 9.95. The van der Waals surface area contributed by atoms with Crippen molar-refractivity contribution in [2.45, 2.75) is 6.42 Å². The summed E-state index contributed by atoms with van der Waals surface area (Å²) >= 11 is 0. The Morgan fingerprint density at radius 3 is 2.16 bits per heavy atom. The lowest BCUT2D eigenvalue weighted by Crippen LogP contribution is -2.30. The molecule has 4 nitrogen and oxygen atoms in total. The van der Waals surface area contributed by atoms with Crippen molar-refractivity contribution in [1.29, 1.82) is 0 Å². The van der Waals surface area contributed by atoms with E-state index in [1.165, 1.54) is 14.2 Å². The molecule has 0 aromatic heterocycles. The van der Waals surface area contributed by atoms with E-state index in [2.05, 4.69) is 6.58 Å². The highest BCUT2D eigenvalue weighted by molar-refractivity contribution is 6.06. The van der Waals surface area contributed by atoms with E-state index in [-0.39, 0.29) is 5.92 Å². The summed E-state index contributed by atoms with van der Waals surface area (Å²) in [6, 6.07) is 9.49. The fourth-order valence-corrected chi connectivity index (χ4v) is 2.44. The Morgan fingerprint density at radius 1 is 1.16 bits per heavy atom. The molecule has 1 aliphatic carbocycles. The van der Waals surface area contributed by atoms with Gasteiger partial charge in [-0.25, -0.2) is 0 Å². The average molecular weight is 260 g/mol.